The summed E-state index contributed by atoms with van der Waals surface area (Å²) >= 11 is 0. The molecule has 3 aromatic rings. The van der Waals surface area contributed by atoms with Gasteiger partial charge in [-0.3, -0.25) is 0 Å². The van der Waals surface area contributed by atoms with Gasteiger partial charge in [0.2, 0.25) is 0 Å². The fourth-order valence-electron chi connectivity index (χ4n) is 4.04. The molecule has 188 valence electrons. The zero-order valence-corrected chi connectivity index (χ0v) is 22.0. The average Bonchev–Trinajstić information content (AvgIpc) is 3.18. The smallest absolute Gasteiger partial charge is 0.408 e. The second-order valence-corrected chi connectivity index (χ2v) is 10.9. The Labute approximate surface area is 208 Å². The molecule has 1 heterocycles. The summed E-state index contributed by atoms with van der Waals surface area (Å²) in [7, 11) is 1.31. The number of aromatic nitrogens is 1. The molecule has 0 unspecified atom stereocenters. The number of esters is 1. The topological polar surface area (TPSA) is 80.4 Å². The third-order valence-electron chi connectivity index (χ3n) is 6.27. The monoisotopic (exact) mass is 478 g/mol. The van der Waals surface area contributed by atoms with Crippen molar-refractivity contribution in [1.29, 1.82) is 0 Å². The molecule has 6 nitrogen and oxygen atoms in total. The van der Waals surface area contributed by atoms with E-state index in [1.165, 1.54) is 18.1 Å². The van der Waals surface area contributed by atoms with E-state index >= 15 is 0 Å². The largest absolute Gasteiger partial charge is 0.467 e. The highest BCUT2D eigenvalue weighted by Gasteiger charge is 2.25. The summed E-state index contributed by atoms with van der Waals surface area (Å²) in [6.07, 6.45) is 3.88. The molecule has 35 heavy (non-hydrogen) atoms. The second kappa shape index (κ2) is 10.5. The van der Waals surface area contributed by atoms with Gasteiger partial charge >= 0.3 is 12.1 Å². The molecule has 0 aliphatic carbocycles. The van der Waals surface area contributed by atoms with Gasteiger partial charge in [-0.05, 0) is 67.0 Å². The number of ether oxygens (including phenoxy) is 2. The fourth-order valence-corrected chi connectivity index (χ4v) is 4.04. The van der Waals surface area contributed by atoms with Gasteiger partial charge in [0.1, 0.15) is 11.6 Å². The van der Waals surface area contributed by atoms with Crippen LogP contribution in [0.15, 0.2) is 48.7 Å². The van der Waals surface area contributed by atoms with Crippen LogP contribution in [0.4, 0.5) is 4.79 Å². The molecule has 1 amide bonds. The van der Waals surface area contributed by atoms with Crippen molar-refractivity contribution in [2.45, 2.75) is 72.4 Å². The Kier molecular flexibility index (Phi) is 7.93. The van der Waals surface area contributed by atoms with E-state index in [9.17, 15) is 9.59 Å². The molecule has 2 aromatic carbocycles. The summed E-state index contributed by atoms with van der Waals surface area (Å²) in [4.78, 5) is 28.0. The molecule has 0 spiro atoms. The molecule has 0 aliphatic rings. The van der Waals surface area contributed by atoms with Crippen molar-refractivity contribution < 1.29 is 19.1 Å². The lowest BCUT2D eigenvalue weighted by Gasteiger charge is -2.22. The van der Waals surface area contributed by atoms with Gasteiger partial charge in [-0.1, -0.05) is 57.5 Å². The Morgan fingerprint density at radius 3 is 2.40 bits per heavy atom. The maximum Gasteiger partial charge on any atom is 0.408 e. The van der Waals surface area contributed by atoms with Crippen LogP contribution in [0.1, 0.15) is 59.1 Å². The van der Waals surface area contributed by atoms with Crippen molar-refractivity contribution >= 4 is 23.0 Å². The van der Waals surface area contributed by atoms with E-state index in [-0.39, 0.29) is 5.41 Å². The van der Waals surface area contributed by atoms with Crippen molar-refractivity contribution in [3.63, 3.8) is 0 Å². The van der Waals surface area contributed by atoms with Gasteiger partial charge in [-0.2, -0.15) is 0 Å². The van der Waals surface area contributed by atoms with Gasteiger partial charge in [0.25, 0.3) is 0 Å². The number of H-pyrrole nitrogens is 1. The predicted octanol–water partition coefficient (Wildman–Crippen LogP) is 6.42. The number of alkyl carbamates (subject to hydrolysis) is 1. The second-order valence-electron chi connectivity index (χ2n) is 10.9. The van der Waals surface area contributed by atoms with Crippen LogP contribution in [-0.4, -0.2) is 35.8 Å². The van der Waals surface area contributed by atoms with Crippen molar-refractivity contribution in [3.05, 3.63) is 59.8 Å². The molecule has 0 saturated carbocycles. The first-order valence-corrected chi connectivity index (χ1v) is 12.2. The molecule has 0 bridgehead atoms. The first-order valence-electron chi connectivity index (χ1n) is 12.2. The van der Waals surface area contributed by atoms with E-state index in [0.717, 1.165) is 35.0 Å². The number of amides is 1. The van der Waals surface area contributed by atoms with Gasteiger partial charge < -0.3 is 19.8 Å². The van der Waals surface area contributed by atoms with Crippen LogP contribution in [0, 0.1) is 5.41 Å². The third-order valence-corrected chi connectivity index (χ3v) is 6.27. The highest BCUT2D eigenvalue weighted by molar-refractivity contribution is 5.88. The molecule has 3 rings (SSSR count). The molecule has 0 radical (unpaired) electrons. The standard InChI is InChI=1S/C29H38N2O4/c1-8-29(5,6)17-22-18-30-24-13-12-21(16-23(22)24)20-11-9-10-19(14-20)15-25(26(32)34-7)31-27(33)35-28(2,3)4/h9-14,16,18,25,30H,8,15,17H2,1-7H3,(H,31,33)/t25-/m0/s1. The number of methoxy groups -OCH3 is 1. The normalized spacial score (nSPS) is 12.9. The molecule has 0 aliphatic heterocycles. The van der Waals surface area contributed by atoms with Gasteiger partial charge in [0.15, 0.2) is 0 Å². The lowest BCUT2D eigenvalue weighted by molar-refractivity contribution is -0.143. The molecule has 0 fully saturated rings. The van der Waals surface area contributed by atoms with Crippen molar-refractivity contribution in [2.24, 2.45) is 5.41 Å². The zero-order valence-electron chi connectivity index (χ0n) is 22.0. The van der Waals surface area contributed by atoms with Crippen molar-refractivity contribution in [3.8, 4) is 11.1 Å². The SMILES string of the molecule is CCC(C)(C)Cc1c[nH]c2ccc(-c3cccc(C[C@H](NC(=O)OC(C)(C)C)C(=O)OC)c3)cc12. The van der Waals surface area contributed by atoms with Gasteiger partial charge in [0.05, 0.1) is 7.11 Å². The van der Waals surface area contributed by atoms with E-state index in [1.54, 1.807) is 20.8 Å². The van der Waals surface area contributed by atoms with Crippen LogP contribution in [0.3, 0.4) is 0 Å². The zero-order chi connectivity index (χ0) is 25.8. The molecular formula is C29H38N2O4. The van der Waals surface area contributed by atoms with Crippen LogP contribution in [0.2, 0.25) is 0 Å². The van der Waals surface area contributed by atoms with Crippen LogP contribution >= 0.6 is 0 Å². The summed E-state index contributed by atoms with van der Waals surface area (Å²) in [6, 6.07) is 13.6. The number of carbonyl (C=O) groups excluding carboxylic acids is 2. The highest BCUT2D eigenvalue weighted by Crippen LogP contribution is 2.32. The minimum Gasteiger partial charge on any atom is -0.467 e. The van der Waals surface area contributed by atoms with Crippen LogP contribution in [-0.2, 0) is 27.1 Å². The summed E-state index contributed by atoms with van der Waals surface area (Å²) < 4.78 is 10.2. The number of nitrogens with one attached hydrogen (secondary N) is 2. The number of carbonyl (C=O) groups is 2. The minimum atomic E-state index is -0.847. The summed E-state index contributed by atoms with van der Waals surface area (Å²) in [5.41, 5.74) is 5.07. The van der Waals surface area contributed by atoms with Gasteiger partial charge in [-0.25, -0.2) is 9.59 Å². The van der Waals surface area contributed by atoms with E-state index in [0.29, 0.717) is 6.42 Å². The van der Waals surface area contributed by atoms with E-state index < -0.39 is 23.7 Å². The van der Waals surface area contributed by atoms with E-state index in [1.807, 2.05) is 12.1 Å². The predicted molar refractivity (Wildman–Crippen MR) is 140 cm³/mol. The summed E-state index contributed by atoms with van der Waals surface area (Å²) in [5, 5.41) is 3.88. The number of rotatable bonds is 8. The fraction of sp³-hybridized carbons (Fsp3) is 0.448. The van der Waals surface area contributed by atoms with Crippen molar-refractivity contribution in [1.82, 2.24) is 10.3 Å². The first kappa shape index (κ1) is 26.3. The summed E-state index contributed by atoms with van der Waals surface area (Å²) in [6.45, 7) is 12.1. The number of hydrogen-bond acceptors (Lipinski definition) is 4. The third kappa shape index (κ3) is 7.10. The Morgan fingerprint density at radius 2 is 1.74 bits per heavy atom. The minimum absolute atomic E-state index is 0.231. The summed E-state index contributed by atoms with van der Waals surface area (Å²) in [5.74, 6) is -0.516. The van der Waals surface area contributed by atoms with Gasteiger partial charge in [-0.15, -0.1) is 0 Å². The van der Waals surface area contributed by atoms with Gasteiger partial charge in [0, 0.05) is 23.5 Å². The van der Waals surface area contributed by atoms with Crippen molar-refractivity contribution in [2.75, 3.05) is 7.11 Å². The lowest BCUT2D eigenvalue weighted by atomic mass is 9.83. The van der Waals surface area contributed by atoms with Crippen LogP contribution < -0.4 is 5.32 Å². The van der Waals surface area contributed by atoms with E-state index in [4.69, 9.17) is 9.47 Å². The Hall–Kier alpha value is -3.28. The Morgan fingerprint density at radius 1 is 1.03 bits per heavy atom. The average molecular weight is 479 g/mol. The van der Waals surface area contributed by atoms with Crippen LogP contribution in [0.25, 0.3) is 22.0 Å². The molecule has 1 atom stereocenters. The molecule has 0 saturated heterocycles. The molecule has 6 heteroatoms. The van der Waals surface area contributed by atoms with E-state index in [2.05, 4.69) is 67.6 Å². The first-order chi connectivity index (χ1) is 16.4. The molecule has 2 N–H and O–H groups in total. The maximum atomic E-state index is 12.4. The molecule has 1 aromatic heterocycles. The quantitative estimate of drug-likeness (QED) is 0.366. The Balaban J connectivity index is 1.85. The maximum absolute atomic E-state index is 12.4. The number of hydrogen-bond donors (Lipinski definition) is 2. The Bertz CT molecular complexity index is 1190. The molecular weight excluding hydrogens is 440 g/mol. The number of benzene rings is 2. The number of aromatic amines is 1. The highest BCUT2D eigenvalue weighted by atomic mass is 16.6. The lowest BCUT2D eigenvalue weighted by Crippen LogP contribution is -2.45. The number of fused-ring (bicyclic) bond motifs is 1. The van der Waals surface area contributed by atoms with Crippen LogP contribution in [0.5, 0.6) is 0 Å².